The zero-order valence-electron chi connectivity index (χ0n) is 24.3. The van der Waals surface area contributed by atoms with Gasteiger partial charge in [-0.25, -0.2) is 4.98 Å². The monoisotopic (exact) mass is 574 g/mol. The summed E-state index contributed by atoms with van der Waals surface area (Å²) in [6.45, 7) is 0. The van der Waals surface area contributed by atoms with Gasteiger partial charge in [0.1, 0.15) is 0 Å². The third-order valence-corrected chi connectivity index (χ3v) is 8.71. The highest BCUT2D eigenvalue weighted by Crippen LogP contribution is 2.38. The van der Waals surface area contributed by atoms with Gasteiger partial charge in [0, 0.05) is 40.6 Å². The lowest BCUT2D eigenvalue weighted by molar-refractivity contribution is 1.17. The van der Waals surface area contributed by atoms with Gasteiger partial charge in [0.25, 0.3) is 0 Å². The van der Waals surface area contributed by atoms with E-state index in [0.29, 0.717) is 0 Å². The van der Waals surface area contributed by atoms with E-state index in [1.807, 2.05) is 36.8 Å². The van der Waals surface area contributed by atoms with E-state index in [0.717, 1.165) is 55.9 Å². The summed E-state index contributed by atoms with van der Waals surface area (Å²) in [4.78, 5) is 14.3. The van der Waals surface area contributed by atoms with Gasteiger partial charge in [0.2, 0.25) is 0 Å². The Morgan fingerprint density at radius 1 is 0.444 bits per heavy atom. The molecule has 0 unspecified atom stereocenters. The minimum atomic E-state index is 0.841. The quantitative estimate of drug-likeness (QED) is 0.196. The van der Waals surface area contributed by atoms with Crippen LogP contribution in [0.25, 0.3) is 82.8 Å². The largest absolute Gasteiger partial charge is 0.309 e. The van der Waals surface area contributed by atoms with Gasteiger partial charge >= 0.3 is 0 Å². The van der Waals surface area contributed by atoms with E-state index in [-0.39, 0.29) is 0 Å². The molecule has 5 aromatic carbocycles. The van der Waals surface area contributed by atoms with Crippen molar-refractivity contribution in [3.8, 4) is 39.5 Å². The second kappa shape index (κ2) is 10.2. The predicted molar refractivity (Wildman–Crippen MR) is 185 cm³/mol. The van der Waals surface area contributed by atoms with Gasteiger partial charge in [-0.05, 0) is 87.3 Å². The van der Waals surface area contributed by atoms with E-state index < -0.39 is 0 Å². The van der Waals surface area contributed by atoms with Crippen molar-refractivity contribution in [2.45, 2.75) is 0 Å². The van der Waals surface area contributed by atoms with Gasteiger partial charge in [-0.3, -0.25) is 9.97 Å². The fourth-order valence-corrected chi connectivity index (χ4v) is 6.67. The van der Waals surface area contributed by atoms with E-state index in [1.54, 1.807) is 0 Å². The van der Waals surface area contributed by atoms with E-state index in [1.165, 1.54) is 26.9 Å². The highest BCUT2D eigenvalue weighted by Gasteiger charge is 2.16. The molecule has 4 heterocycles. The number of nitrogens with zero attached hydrogens (tertiary/aromatic N) is 4. The molecule has 0 saturated heterocycles. The molecular formula is C41H26N4. The second-order valence-corrected chi connectivity index (χ2v) is 11.3. The van der Waals surface area contributed by atoms with Gasteiger partial charge < -0.3 is 4.57 Å². The van der Waals surface area contributed by atoms with Gasteiger partial charge in [-0.2, -0.15) is 0 Å². The Kier molecular flexibility index (Phi) is 5.78. The summed E-state index contributed by atoms with van der Waals surface area (Å²) in [6.07, 6.45) is 5.65. The number of para-hydroxylation sites is 1. The molecule has 0 amide bonds. The summed E-state index contributed by atoms with van der Waals surface area (Å²) in [7, 11) is 0. The smallest absolute Gasteiger partial charge is 0.0899 e. The first kappa shape index (κ1) is 25.4. The van der Waals surface area contributed by atoms with Crippen molar-refractivity contribution < 1.29 is 0 Å². The summed E-state index contributed by atoms with van der Waals surface area (Å²) in [5, 5.41) is 7.18. The second-order valence-electron chi connectivity index (χ2n) is 11.3. The molecule has 0 radical (unpaired) electrons. The van der Waals surface area contributed by atoms with E-state index in [9.17, 15) is 0 Å². The summed E-state index contributed by atoms with van der Waals surface area (Å²) < 4.78 is 2.33. The van der Waals surface area contributed by atoms with Crippen LogP contribution in [0.4, 0.5) is 0 Å². The van der Waals surface area contributed by atoms with Crippen molar-refractivity contribution >= 4 is 43.4 Å². The van der Waals surface area contributed by atoms with Crippen LogP contribution in [0.1, 0.15) is 0 Å². The number of hydrogen-bond donors (Lipinski definition) is 0. The van der Waals surface area contributed by atoms with Crippen LogP contribution in [0, 0.1) is 0 Å². The lowest BCUT2D eigenvalue weighted by atomic mass is 9.94. The fraction of sp³-hybridized carbons (Fsp3) is 0. The minimum Gasteiger partial charge on any atom is -0.309 e. The molecular weight excluding hydrogens is 548 g/mol. The minimum absolute atomic E-state index is 0.841. The predicted octanol–water partition coefficient (Wildman–Crippen LogP) is 10.3. The Hall–Kier alpha value is -6.13. The number of aromatic nitrogens is 4. The molecule has 0 bridgehead atoms. The number of pyridine rings is 3. The van der Waals surface area contributed by atoms with Crippen LogP contribution in [0.5, 0.6) is 0 Å². The highest BCUT2D eigenvalue weighted by atomic mass is 15.0. The fourth-order valence-electron chi connectivity index (χ4n) is 6.67. The SMILES string of the molecule is c1ccc(-c2cc(-c3cccc(-n4c5ccccc5c5cnccc54)c3)cc(-c3cc4ccccc4c4ccccc34)n2)nc1. The molecule has 0 aliphatic heterocycles. The van der Waals surface area contributed by atoms with Crippen LogP contribution in [-0.4, -0.2) is 19.5 Å². The van der Waals surface area contributed by atoms with Crippen LogP contribution in [0.3, 0.4) is 0 Å². The van der Waals surface area contributed by atoms with Crippen molar-refractivity contribution in [2.75, 3.05) is 0 Å². The van der Waals surface area contributed by atoms with Gasteiger partial charge in [-0.1, -0.05) is 84.9 Å². The molecule has 0 atom stereocenters. The van der Waals surface area contributed by atoms with Crippen molar-refractivity contribution in [3.63, 3.8) is 0 Å². The van der Waals surface area contributed by atoms with Crippen molar-refractivity contribution in [3.05, 3.63) is 158 Å². The number of benzene rings is 5. The molecule has 4 aromatic heterocycles. The molecule has 0 spiro atoms. The van der Waals surface area contributed by atoms with Crippen LogP contribution in [0.15, 0.2) is 158 Å². The van der Waals surface area contributed by atoms with Crippen molar-refractivity contribution in [1.29, 1.82) is 0 Å². The standard InChI is InChI=1S/C41H26N4/c1-2-13-31-28(10-1)23-35(33-15-4-3-14-32(31)33)38-24-29(25-39(44-38)37-17-7-8-20-43-37)27-11-9-12-30(22-27)45-40-18-6-5-16-34(40)36-26-42-21-19-41(36)45/h1-26H. The zero-order valence-corrected chi connectivity index (χ0v) is 24.3. The molecule has 4 nitrogen and oxygen atoms in total. The lowest BCUT2D eigenvalue weighted by Gasteiger charge is -2.14. The first-order chi connectivity index (χ1) is 22.3. The van der Waals surface area contributed by atoms with Gasteiger partial charge in [-0.15, -0.1) is 0 Å². The zero-order chi connectivity index (χ0) is 29.7. The van der Waals surface area contributed by atoms with Crippen molar-refractivity contribution in [1.82, 2.24) is 19.5 Å². The Balaban J connectivity index is 1.29. The lowest BCUT2D eigenvalue weighted by Crippen LogP contribution is -1.96. The normalized spacial score (nSPS) is 11.6. The topological polar surface area (TPSA) is 43.6 Å². The molecule has 45 heavy (non-hydrogen) atoms. The molecule has 210 valence electrons. The van der Waals surface area contributed by atoms with Crippen molar-refractivity contribution in [2.24, 2.45) is 0 Å². The molecule has 0 aliphatic rings. The first-order valence-electron chi connectivity index (χ1n) is 15.1. The molecule has 9 rings (SSSR count). The molecule has 0 N–H and O–H groups in total. The van der Waals surface area contributed by atoms with Crippen LogP contribution in [-0.2, 0) is 0 Å². The van der Waals surface area contributed by atoms with Crippen LogP contribution >= 0.6 is 0 Å². The van der Waals surface area contributed by atoms with E-state index in [4.69, 9.17) is 4.98 Å². The average Bonchev–Trinajstić information content (AvgIpc) is 3.46. The van der Waals surface area contributed by atoms with Gasteiger partial charge in [0.15, 0.2) is 0 Å². The Labute approximate surface area is 259 Å². The Morgan fingerprint density at radius 3 is 2.09 bits per heavy atom. The third-order valence-electron chi connectivity index (χ3n) is 8.71. The van der Waals surface area contributed by atoms with E-state index in [2.05, 4.69) is 136 Å². The average molecular weight is 575 g/mol. The maximum Gasteiger partial charge on any atom is 0.0899 e. The molecule has 0 saturated carbocycles. The number of hydrogen-bond acceptors (Lipinski definition) is 3. The summed E-state index contributed by atoms with van der Waals surface area (Å²) in [5.74, 6) is 0. The Bertz CT molecular complexity index is 2490. The first-order valence-corrected chi connectivity index (χ1v) is 15.1. The molecule has 9 aromatic rings. The third kappa shape index (κ3) is 4.19. The van der Waals surface area contributed by atoms with Gasteiger partial charge in [0.05, 0.1) is 28.1 Å². The summed E-state index contributed by atoms with van der Waals surface area (Å²) in [6, 6.07) is 49.2. The summed E-state index contributed by atoms with van der Waals surface area (Å²) in [5.41, 5.74) is 9.29. The van der Waals surface area contributed by atoms with Crippen LogP contribution in [0.2, 0.25) is 0 Å². The number of fused-ring (bicyclic) bond motifs is 6. The number of rotatable bonds is 4. The summed E-state index contributed by atoms with van der Waals surface area (Å²) >= 11 is 0. The maximum atomic E-state index is 5.24. The Morgan fingerprint density at radius 2 is 1.20 bits per heavy atom. The molecule has 0 aliphatic carbocycles. The molecule has 0 fully saturated rings. The van der Waals surface area contributed by atoms with Crippen LogP contribution < -0.4 is 0 Å². The van der Waals surface area contributed by atoms with E-state index >= 15 is 0 Å². The highest BCUT2D eigenvalue weighted by molar-refractivity contribution is 6.13. The maximum absolute atomic E-state index is 5.24. The molecule has 4 heteroatoms.